The summed E-state index contributed by atoms with van der Waals surface area (Å²) in [6, 6.07) is 14.4. The number of aromatic nitrogens is 1. The van der Waals surface area contributed by atoms with E-state index >= 15 is 0 Å². The van der Waals surface area contributed by atoms with Gasteiger partial charge in [0.15, 0.2) is 11.5 Å². The Balaban J connectivity index is 1.43. The van der Waals surface area contributed by atoms with Crippen LogP contribution in [0.25, 0.3) is 11.1 Å². The molecule has 0 saturated heterocycles. The molecule has 0 bridgehead atoms. The van der Waals surface area contributed by atoms with Gasteiger partial charge in [0.05, 0.1) is 11.1 Å². The third-order valence-electron chi connectivity index (χ3n) is 7.16. The topological polar surface area (TPSA) is 48.4 Å². The summed E-state index contributed by atoms with van der Waals surface area (Å²) >= 11 is 0. The van der Waals surface area contributed by atoms with Crippen LogP contribution in [0.3, 0.4) is 0 Å². The Morgan fingerprint density at radius 3 is 2.50 bits per heavy atom. The van der Waals surface area contributed by atoms with Crippen LogP contribution < -0.4 is 9.47 Å². The molecule has 0 spiro atoms. The van der Waals surface area contributed by atoms with Crippen LogP contribution in [0.5, 0.6) is 11.5 Å². The quantitative estimate of drug-likeness (QED) is 0.480. The van der Waals surface area contributed by atoms with Gasteiger partial charge in [0.2, 0.25) is 6.79 Å². The minimum absolute atomic E-state index is 0.238. The number of carbonyl (C=O) groups excluding carboxylic acids is 1. The number of pyridine rings is 1. The van der Waals surface area contributed by atoms with Crippen LogP contribution >= 0.6 is 0 Å². The van der Waals surface area contributed by atoms with Crippen molar-refractivity contribution in [2.75, 3.05) is 6.79 Å². The third kappa shape index (κ3) is 3.38. The number of ketones is 1. The van der Waals surface area contributed by atoms with Crippen LogP contribution in [-0.2, 0) is 16.6 Å². The molecule has 164 valence electrons. The predicted molar refractivity (Wildman–Crippen MR) is 125 cm³/mol. The van der Waals surface area contributed by atoms with E-state index in [1.807, 2.05) is 24.4 Å². The Morgan fingerprint density at radius 1 is 1.00 bits per heavy atom. The summed E-state index contributed by atoms with van der Waals surface area (Å²) in [4.78, 5) is 18.2. The molecule has 2 aromatic carbocycles. The van der Waals surface area contributed by atoms with Crippen molar-refractivity contribution in [3.63, 3.8) is 0 Å². The first-order valence-corrected chi connectivity index (χ1v) is 11.4. The van der Waals surface area contributed by atoms with Crippen molar-refractivity contribution in [1.29, 1.82) is 0 Å². The molecule has 0 N–H and O–H groups in total. The number of hydrogen-bond acceptors (Lipinski definition) is 4. The van der Waals surface area contributed by atoms with Crippen LogP contribution in [0.1, 0.15) is 60.6 Å². The molecule has 1 aliphatic carbocycles. The van der Waals surface area contributed by atoms with E-state index in [0.717, 1.165) is 46.7 Å². The van der Waals surface area contributed by atoms with Crippen LogP contribution in [0.15, 0.2) is 48.7 Å². The van der Waals surface area contributed by atoms with Gasteiger partial charge in [-0.05, 0) is 72.6 Å². The molecule has 4 nitrogen and oxygen atoms in total. The van der Waals surface area contributed by atoms with Gasteiger partial charge in [0.1, 0.15) is 5.78 Å². The van der Waals surface area contributed by atoms with Crippen LogP contribution in [0.4, 0.5) is 0 Å². The minimum Gasteiger partial charge on any atom is -0.454 e. The molecule has 1 aromatic heterocycles. The summed E-state index contributed by atoms with van der Waals surface area (Å²) < 4.78 is 11.0. The monoisotopic (exact) mass is 427 g/mol. The van der Waals surface area contributed by atoms with Gasteiger partial charge in [-0.2, -0.15) is 0 Å². The first-order chi connectivity index (χ1) is 15.4. The molecular formula is C28H29NO3. The Hall–Kier alpha value is -3.14. The molecule has 0 radical (unpaired) electrons. The van der Waals surface area contributed by atoms with E-state index in [1.54, 1.807) is 0 Å². The standard InChI is InChI=1S/C28H29NO3/c1-17(2)21-7-5-6-8-22(21)23-15-29-24(19(4)18(23)3)14-27(30)28(11-12-28)20-9-10-25-26(13-20)32-16-31-25/h5-10,13,15,17H,11-12,14,16H2,1-4H3. The van der Waals surface area contributed by atoms with Gasteiger partial charge < -0.3 is 9.47 Å². The molecule has 3 aromatic rings. The summed E-state index contributed by atoms with van der Waals surface area (Å²) in [5.74, 6) is 2.16. The fraction of sp³-hybridized carbons (Fsp3) is 0.357. The molecule has 0 unspecified atom stereocenters. The van der Waals surface area contributed by atoms with E-state index in [4.69, 9.17) is 14.5 Å². The summed E-state index contributed by atoms with van der Waals surface area (Å²) in [7, 11) is 0. The van der Waals surface area contributed by atoms with Gasteiger partial charge in [0, 0.05) is 18.2 Å². The number of ether oxygens (including phenoxy) is 2. The second kappa shape index (κ2) is 7.77. The lowest BCUT2D eigenvalue weighted by atomic mass is 9.86. The number of carbonyl (C=O) groups is 1. The lowest BCUT2D eigenvalue weighted by molar-refractivity contribution is -0.120. The first-order valence-electron chi connectivity index (χ1n) is 11.4. The molecule has 5 rings (SSSR count). The van der Waals surface area contributed by atoms with Crippen molar-refractivity contribution in [2.24, 2.45) is 0 Å². The summed E-state index contributed by atoms with van der Waals surface area (Å²) in [5.41, 5.74) is 7.51. The third-order valence-corrected chi connectivity index (χ3v) is 7.16. The van der Waals surface area contributed by atoms with Gasteiger partial charge in [-0.25, -0.2) is 0 Å². The Labute approximate surface area is 189 Å². The summed E-state index contributed by atoms with van der Waals surface area (Å²) in [6.07, 6.45) is 4.06. The van der Waals surface area contributed by atoms with E-state index in [9.17, 15) is 4.79 Å². The van der Waals surface area contributed by atoms with Crippen molar-refractivity contribution in [1.82, 2.24) is 4.98 Å². The van der Waals surface area contributed by atoms with Crippen molar-refractivity contribution >= 4 is 5.78 Å². The van der Waals surface area contributed by atoms with E-state index in [2.05, 4.69) is 52.0 Å². The van der Waals surface area contributed by atoms with Gasteiger partial charge in [-0.1, -0.05) is 44.2 Å². The fourth-order valence-corrected chi connectivity index (χ4v) is 4.82. The highest BCUT2D eigenvalue weighted by atomic mass is 16.7. The Bertz CT molecular complexity index is 1210. The molecule has 1 fully saturated rings. The van der Waals surface area contributed by atoms with Crippen molar-refractivity contribution in [3.8, 4) is 22.6 Å². The second-order valence-corrected chi connectivity index (χ2v) is 9.36. The molecule has 1 saturated carbocycles. The highest BCUT2D eigenvalue weighted by Gasteiger charge is 2.51. The van der Waals surface area contributed by atoms with E-state index in [1.165, 1.54) is 16.7 Å². The molecule has 2 heterocycles. The van der Waals surface area contributed by atoms with Crippen molar-refractivity contribution < 1.29 is 14.3 Å². The molecule has 4 heteroatoms. The highest BCUT2D eigenvalue weighted by molar-refractivity contribution is 5.95. The van der Waals surface area contributed by atoms with E-state index in [-0.39, 0.29) is 12.6 Å². The second-order valence-electron chi connectivity index (χ2n) is 9.36. The molecule has 32 heavy (non-hydrogen) atoms. The maximum atomic E-state index is 13.4. The lowest BCUT2D eigenvalue weighted by Gasteiger charge is -2.19. The maximum absolute atomic E-state index is 13.4. The zero-order chi connectivity index (χ0) is 22.5. The summed E-state index contributed by atoms with van der Waals surface area (Å²) in [5, 5.41) is 0. The van der Waals surface area contributed by atoms with Gasteiger partial charge in [-0.3, -0.25) is 9.78 Å². The van der Waals surface area contributed by atoms with E-state index in [0.29, 0.717) is 12.3 Å². The zero-order valence-corrected chi connectivity index (χ0v) is 19.2. The van der Waals surface area contributed by atoms with Crippen molar-refractivity contribution in [3.05, 3.63) is 76.6 Å². The number of benzene rings is 2. The predicted octanol–water partition coefficient (Wildman–Crippen LogP) is 6.06. The van der Waals surface area contributed by atoms with Gasteiger partial charge >= 0.3 is 0 Å². The van der Waals surface area contributed by atoms with Gasteiger partial charge in [0.25, 0.3) is 0 Å². The smallest absolute Gasteiger partial charge is 0.231 e. The molecule has 0 amide bonds. The van der Waals surface area contributed by atoms with Crippen LogP contribution in [0, 0.1) is 13.8 Å². The Morgan fingerprint density at radius 2 is 1.75 bits per heavy atom. The zero-order valence-electron chi connectivity index (χ0n) is 19.2. The highest BCUT2D eigenvalue weighted by Crippen LogP contribution is 2.51. The lowest BCUT2D eigenvalue weighted by Crippen LogP contribution is -2.23. The number of rotatable bonds is 6. The number of Topliss-reactive ketones (excluding diaryl/α,β-unsaturated/α-hetero) is 1. The largest absolute Gasteiger partial charge is 0.454 e. The average Bonchev–Trinajstić information content (AvgIpc) is 3.48. The SMILES string of the molecule is Cc1c(-c2ccccc2C(C)C)cnc(CC(=O)C2(c3ccc4c(c3)OCO4)CC2)c1C. The minimum atomic E-state index is -0.411. The number of nitrogens with zero attached hydrogens (tertiary/aromatic N) is 1. The van der Waals surface area contributed by atoms with Crippen LogP contribution in [0.2, 0.25) is 0 Å². The van der Waals surface area contributed by atoms with Gasteiger partial charge in [-0.15, -0.1) is 0 Å². The van der Waals surface area contributed by atoms with Crippen LogP contribution in [-0.4, -0.2) is 17.6 Å². The summed E-state index contributed by atoms with van der Waals surface area (Å²) in [6.45, 7) is 8.91. The maximum Gasteiger partial charge on any atom is 0.231 e. The molecule has 0 atom stereocenters. The Kier molecular flexibility index (Phi) is 5.04. The first kappa shape index (κ1) is 20.7. The van der Waals surface area contributed by atoms with E-state index < -0.39 is 5.41 Å². The molecule has 1 aliphatic heterocycles. The molecule has 2 aliphatic rings. The average molecular weight is 428 g/mol. The number of fused-ring (bicyclic) bond motifs is 1. The molecular weight excluding hydrogens is 398 g/mol. The normalized spacial score (nSPS) is 15.8. The fourth-order valence-electron chi connectivity index (χ4n) is 4.82. The number of hydrogen-bond donors (Lipinski definition) is 0. The van der Waals surface area contributed by atoms with Crippen molar-refractivity contribution in [2.45, 2.75) is 58.3 Å².